The molecular formula is C18H22N2O4S. The molecule has 4 N–H and O–H groups in total. The predicted molar refractivity (Wildman–Crippen MR) is 95.4 cm³/mol. The van der Waals surface area contributed by atoms with Crippen molar-refractivity contribution in [2.24, 2.45) is 29.4 Å². The Morgan fingerprint density at radius 2 is 1.88 bits per heavy atom. The normalized spacial score (nSPS) is 27.2. The number of hydrogen-bond donors (Lipinski definition) is 3. The molecule has 0 radical (unpaired) electrons. The van der Waals surface area contributed by atoms with E-state index in [4.69, 9.17) is 5.73 Å². The average Bonchev–Trinajstić information content (AvgIpc) is 2.98. The van der Waals surface area contributed by atoms with Crippen LogP contribution in [0.2, 0.25) is 0 Å². The molecule has 4 atom stereocenters. The molecule has 1 aromatic rings. The summed E-state index contributed by atoms with van der Waals surface area (Å²) in [5, 5.41) is 12.8. The number of carbonyl (C=O) groups is 3. The average molecular weight is 362 g/mol. The number of allylic oxidation sites excluding steroid dienone is 2. The summed E-state index contributed by atoms with van der Waals surface area (Å²) in [6.45, 7) is 2.03. The highest BCUT2D eigenvalue weighted by Crippen LogP contribution is 2.45. The number of carbonyl (C=O) groups excluding carboxylic acids is 2. The zero-order chi connectivity index (χ0) is 18.1. The van der Waals surface area contributed by atoms with Crippen molar-refractivity contribution in [1.82, 2.24) is 0 Å². The molecule has 0 aliphatic heterocycles. The lowest BCUT2D eigenvalue weighted by molar-refractivity contribution is -0.151. The number of nitrogens with two attached hydrogens (primary N) is 1. The number of thiophene rings is 1. The first-order valence-electron chi connectivity index (χ1n) is 8.56. The zero-order valence-corrected chi connectivity index (χ0v) is 14.8. The third-order valence-corrected chi connectivity index (χ3v) is 6.23. The van der Waals surface area contributed by atoms with E-state index in [1.165, 1.54) is 11.3 Å². The SMILES string of the molecule is CCCc1cc(C(N)=O)c(NC(=O)[C@H]2[C@H](C(=O)O)[C@H]3C=C[C@H]2CC3)s1. The molecule has 2 bridgehead atoms. The summed E-state index contributed by atoms with van der Waals surface area (Å²) in [6, 6.07) is 1.72. The van der Waals surface area contributed by atoms with Gasteiger partial charge in [-0.2, -0.15) is 0 Å². The van der Waals surface area contributed by atoms with Crippen LogP contribution in [-0.2, 0) is 16.0 Å². The van der Waals surface area contributed by atoms with E-state index < -0.39 is 23.7 Å². The second-order valence-corrected chi connectivity index (χ2v) is 7.88. The number of aliphatic carboxylic acids is 1. The van der Waals surface area contributed by atoms with Crippen LogP contribution in [-0.4, -0.2) is 22.9 Å². The van der Waals surface area contributed by atoms with Crippen molar-refractivity contribution in [3.8, 4) is 0 Å². The highest BCUT2D eigenvalue weighted by atomic mass is 32.1. The van der Waals surface area contributed by atoms with Gasteiger partial charge in [0.15, 0.2) is 0 Å². The van der Waals surface area contributed by atoms with Crippen molar-refractivity contribution in [3.05, 3.63) is 28.7 Å². The number of primary amides is 1. The van der Waals surface area contributed by atoms with Crippen molar-refractivity contribution in [2.45, 2.75) is 32.6 Å². The molecular weight excluding hydrogens is 340 g/mol. The molecule has 2 amide bonds. The zero-order valence-electron chi connectivity index (χ0n) is 14.0. The summed E-state index contributed by atoms with van der Waals surface area (Å²) < 4.78 is 0. The van der Waals surface area contributed by atoms with E-state index in [2.05, 4.69) is 5.32 Å². The number of carboxylic acids is 1. The monoisotopic (exact) mass is 362 g/mol. The second-order valence-electron chi connectivity index (χ2n) is 6.74. The number of amides is 2. The van der Waals surface area contributed by atoms with Crippen LogP contribution < -0.4 is 11.1 Å². The van der Waals surface area contributed by atoms with Gasteiger partial charge in [0.25, 0.3) is 5.91 Å². The van der Waals surface area contributed by atoms with Gasteiger partial charge in [-0.05, 0) is 37.2 Å². The molecule has 1 saturated carbocycles. The van der Waals surface area contributed by atoms with Crippen LogP contribution >= 0.6 is 11.3 Å². The Balaban J connectivity index is 1.85. The van der Waals surface area contributed by atoms with Gasteiger partial charge in [-0.3, -0.25) is 14.4 Å². The maximum absolute atomic E-state index is 12.9. The van der Waals surface area contributed by atoms with Crippen molar-refractivity contribution in [2.75, 3.05) is 5.32 Å². The molecule has 0 saturated heterocycles. The quantitative estimate of drug-likeness (QED) is 0.676. The number of aryl methyl sites for hydroxylation is 1. The molecule has 0 aromatic carbocycles. The van der Waals surface area contributed by atoms with Gasteiger partial charge in [0.1, 0.15) is 5.00 Å². The molecule has 3 aliphatic carbocycles. The first-order valence-corrected chi connectivity index (χ1v) is 9.38. The van der Waals surface area contributed by atoms with E-state index in [1.54, 1.807) is 6.07 Å². The Hall–Kier alpha value is -2.15. The standard InChI is InChI=1S/C18H22N2O4S/c1-2-3-11-8-12(15(19)21)17(25-11)20-16(22)13-9-4-6-10(7-5-9)14(13)18(23)24/h4,6,8-10,13-14H,2-3,5,7H2,1H3,(H2,19,21)(H,20,22)(H,23,24)/t9-,10-,13+,14+/m0/s1. The number of rotatable bonds is 6. The molecule has 1 fully saturated rings. The van der Waals surface area contributed by atoms with Crippen LogP contribution in [0.4, 0.5) is 5.00 Å². The van der Waals surface area contributed by atoms with Gasteiger partial charge in [0, 0.05) is 4.88 Å². The first-order chi connectivity index (χ1) is 11.9. The number of nitrogens with one attached hydrogen (secondary N) is 1. The highest BCUT2D eigenvalue weighted by Gasteiger charge is 2.48. The molecule has 25 heavy (non-hydrogen) atoms. The molecule has 0 spiro atoms. The van der Waals surface area contributed by atoms with Crippen molar-refractivity contribution < 1.29 is 19.5 Å². The summed E-state index contributed by atoms with van der Waals surface area (Å²) in [7, 11) is 0. The Morgan fingerprint density at radius 1 is 1.24 bits per heavy atom. The lowest BCUT2D eigenvalue weighted by atomic mass is 9.62. The molecule has 0 unspecified atom stereocenters. The minimum absolute atomic E-state index is 0.0711. The van der Waals surface area contributed by atoms with E-state index in [-0.39, 0.29) is 17.7 Å². The van der Waals surface area contributed by atoms with E-state index in [9.17, 15) is 19.5 Å². The minimum atomic E-state index is -0.938. The molecule has 6 nitrogen and oxygen atoms in total. The number of anilines is 1. The lowest BCUT2D eigenvalue weighted by Crippen LogP contribution is -2.47. The predicted octanol–water partition coefficient (Wildman–Crippen LogP) is 2.65. The molecule has 1 heterocycles. The second kappa shape index (κ2) is 7.00. The van der Waals surface area contributed by atoms with E-state index >= 15 is 0 Å². The molecule has 4 rings (SSSR count). The topological polar surface area (TPSA) is 109 Å². The molecule has 1 aromatic heterocycles. The third-order valence-electron chi connectivity index (χ3n) is 5.12. The number of carboxylic acid groups (broad SMARTS) is 1. The first kappa shape index (κ1) is 17.7. The maximum atomic E-state index is 12.9. The summed E-state index contributed by atoms with van der Waals surface area (Å²) in [4.78, 5) is 37.2. The minimum Gasteiger partial charge on any atom is -0.481 e. The fraction of sp³-hybridized carbons (Fsp3) is 0.500. The van der Waals surface area contributed by atoms with E-state index in [1.807, 2.05) is 19.1 Å². The Bertz CT molecular complexity index is 739. The van der Waals surface area contributed by atoms with E-state index in [0.717, 1.165) is 30.6 Å². The Kier molecular flexibility index (Phi) is 4.94. The fourth-order valence-electron chi connectivity index (χ4n) is 3.97. The van der Waals surface area contributed by atoms with Gasteiger partial charge in [0.2, 0.25) is 5.91 Å². The summed E-state index contributed by atoms with van der Waals surface area (Å²) in [5.41, 5.74) is 5.72. The number of hydrogen-bond acceptors (Lipinski definition) is 4. The fourth-order valence-corrected chi connectivity index (χ4v) is 5.14. The van der Waals surface area contributed by atoms with Crippen LogP contribution in [0.1, 0.15) is 41.4 Å². The summed E-state index contributed by atoms with van der Waals surface area (Å²) in [6.07, 6.45) is 7.23. The smallest absolute Gasteiger partial charge is 0.307 e. The van der Waals surface area contributed by atoms with Crippen molar-refractivity contribution in [1.29, 1.82) is 0 Å². The van der Waals surface area contributed by atoms with Crippen LogP contribution in [0, 0.1) is 23.7 Å². The van der Waals surface area contributed by atoms with Gasteiger partial charge < -0.3 is 16.2 Å². The van der Waals surface area contributed by atoms with Crippen LogP contribution in [0.25, 0.3) is 0 Å². The van der Waals surface area contributed by atoms with Crippen molar-refractivity contribution >= 4 is 34.1 Å². The van der Waals surface area contributed by atoms with Gasteiger partial charge in [0.05, 0.1) is 17.4 Å². The van der Waals surface area contributed by atoms with Gasteiger partial charge in [-0.15, -0.1) is 11.3 Å². The van der Waals surface area contributed by atoms with Crippen molar-refractivity contribution in [3.63, 3.8) is 0 Å². The van der Waals surface area contributed by atoms with Crippen LogP contribution in [0.3, 0.4) is 0 Å². The van der Waals surface area contributed by atoms with Crippen LogP contribution in [0.5, 0.6) is 0 Å². The summed E-state index contributed by atoms with van der Waals surface area (Å²) in [5.74, 6) is -3.36. The molecule has 134 valence electrons. The molecule has 7 heteroatoms. The van der Waals surface area contributed by atoms with Gasteiger partial charge in [-0.1, -0.05) is 25.5 Å². The van der Waals surface area contributed by atoms with Gasteiger partial charge in [-0.25, -0.2) is 0 Å². The van der Waals surface area contributed by atoms with E-state index in [0.29, 0.717) is 10.6 Å². The van der Waals surface area contributed by atoms with Crippen LogP contribution in [0.15, 0.2) is 18.2 Å². The number of fused-ring (bicyclic) bond motifs is 2. The Labute approximate surface area is 150 Å². The maximum Gasteiger partial charge on any atom is 0.307 e. The summed E-state index contributed by atoms with van der Waals surface area (Å²) >= 11 is 1.34. The third kappa shape index (κ3) is 3.33. The lowest BCUT2D eigenvalue weighted by Gasteiger charge is -2.41. The highest BCUT2D eigenvalue weighted by molar-refractivity contribution is 7.16. The molecule has 3 aliphatic rings. The van der Waals surface area contributed by atoms with Gasteiger partial charge >= 0.3 is 5.97 Å². The largest absolute Gasteiger partial charge is 0.481 e. The Morgan fingerprint density at radius 3 is 2.40 bits per heavy atom.